The number of nitrogens with two attached hydrogens (primary N) is 1. The zero-order valence-electron chi connectivity index (χ0n) is 11.4. The van der Waals surface area contributed by atoms with Gasteiger partial charge in [-0.15, -0.1) is 0 Å². The van der Waals surface area contributed by atoms with Gasteiger partial charge in [0.15, 0.2) is 5.84 Å². The number of amidine groups is 1. The fourth-order valence-corrected chi connectivity index (χ4v) is 3.02. The van der Waals surface area contributed by atoms with Gasteiger partial charge in [0.05, 0.1) is 11.7 Å². The molecule has 3 rings (SSSR count). The maximum Gasteiger partial charge on any atom is 0.173 e. The largest absolute Gasteiger partial charge is 0.409 e. The molecule has 108 valence electrons. The van der Waals surface area contributed by atoms with E-state index >= 15 is 0 Å². The Hall–Kier alpha value is -1.82. The van der Waals surface area contributed by atoms with Gasteiger partial charge in [0, 0.05) is 18.8 Å². The van der Waals surface area contributed by atoms with Crippen LogP contribution in [-0.2, 0) is 12.8 Å². The highest BCUT2D eigenvalue weighted by Crippen LogP contribution is 2.29. The second-order valence-electron chi connectivity index (χ2n) is 5.52. The van der Waals surface area contributed by atoms with Crippen LogP contribution in [0.2, 0.25) is 0 Å². The Morgan fingerprint density at radius 1 is 1.35 bits per heavy atom. The van der Waals surface area contributed by atoms with Gasteiger partial charge in [-0.2, -0.15) is 0 Å². The first-order valence-corrected chi connectivity index (χ1v) is 7.12. The summed E-state index contributed by atoms with van der Waals surface area (Å²) in [5, 5.41) is 21.7. The van der Waals surface area contributed by atoms with Gasteiger partial charge in [-0.25, -0.2) is 4.98 Å². The Bertz CT molecular complexity index is 536. The van der Waals surface area contributed by atoms with Crippen molar-refractivity contribution in [1.82, 2.24) is 4.98 Å². The molecule has 2 aliphatic rings. The highest BCUT2D eigenvalue weighted by atomic mass is 16.4. The Balaban J connectivity index is 1.99. The van der Waals surface area contributed by atoms with E-state index in [4.69, 9.17) is 15.9 Å². The Morgan fingerprint density at radius 3 is 2.80 bits per heavy atom. The van der Waals surface area contributed by atoms with E-state index in [1.807, 2.05) is 6.07 Å². The predicted octanol–water partition coefficient (Wildman–Crippen LogP) is 0.626. The van der Waals surface area contributed by atoms with Crippen molar-refractivity contribution in [3.05, 3.63) is 22.9 Å². The topological polar surface area (TPSA) is 95.0 Å². The maximum absolute atomic E-state index is 9.62. The third-order valence-electron chi connectivity index (χ3n) is 4.18. The summed E-state index contributed by atoms with van der Waals surface area (Å²) in [5.74, 6) is 0.890. The van der Waals surface area contributed by atoms with E-state index in [0.717, 1.165) is 56.7 Å². The van der Waals surface area contributed by atoms with Crippen LogP contribution in [0.5, 0.6) is 0 Å². The molecule has 1 fully saturated rings. The summed E-state index contributed by atoms with van der Waals surface area (Å²) in [6.07, 6.45) is 4.35. The molecule has 1 aromatic heterocycles. The van der Waals surface area contributed by atoms with Crippen LogP contribution in [0.15, 0.2) is 11.2 Å². The van der Waals surface area contributed by atoms with E-state index in [2.05, 4.69) is 10.1 Å². The summed E-state index contributed by atoms with van der Waals surface area (Å²) in [6, 6.07) is 2.00. The van der Waals surface area contributed by atoms with E-state index in [1.54, 1.807) is 0 Å². The smallest absolute Gasteiger partial charge is 0.173 e. The van der Waals surface area contributed by atoms with Gasteiger partial charge in [0.2, 0.25) is 0 Å². The number of rotatable bonds is 2. The van der Waals surface area contributed by atoms with Crippen molar-refractivity contribution >= 4 is 11.7 Å². The number of oxime groups is 1. The molecule has 0 bridgehead atoms. The second kappa shape index (κ2) is 5.28. The maximum atomic E-state index is 9.62. The molecule has 2 heterocycles. The van der Waals surface area contributed by atoms with Gasteiger partial charge in [-0.05, 0) is 43.7 Å². The molecule has 0 unspecified atom stereocenters. The monoisotopic (exact) mass is 276 g/mol. The van der Waals surface area contributed by atoms with Crippen molar-refractivity contribution in [3.63, 3.8) is 0 Å². The van der Waals surface area contributed by atoms with E-state index in [0.29, 0.717) is 5.56 Å². The molecule has 1 saturated heterocycles. The van der Waals surface area contributed by atoms with E-state index in [9.17, 15) is 5.11 Å². The third-order valence-corrected chi connectivity index (χ3v) is 4.18. The van der Waals surface area contributed by atoms with Crippen LogP contribution in [0.4, 0.5) is 5.82 Å². The molecule has 0 atom stereocenters. The number of pyridine rings is 1. The van der Waals surface area contributed by atoms with Crippen LogP contribution in [0.3, 0.4) is 0 Å². The van der Waals surface area contributed by atoms with Crippen LogP contribution in [0.1, 0.15) is 36.1 Å². The summed E-state index contributed by atoms with van der Waals surface area (Å²) in [6.45, 7) is 1.50. The third kappa shape index (κ3) is 2.31. The fraction of sp³-hybridized carbons (Fsp3) is 0.571. The van der Waals surface area contributed by atoms with Crippen LogP contribution in [0.25, 0.3) is 0 Å². The minimum absolute atomic E-state index is 0.105. The minimum Gasteiger partial charge on any atom is -0.409 e. The standard InChI is InChI=1S/C14H20N4O2/c15-13(17-20)11-8-9-2-1-3-12(9)16-14(11)18-6-4-10(19)5-7-18/h8,10,19-20H,1-7H2,(H2,15,17). The molecule has 20 heavy (non-hydrogen) atoms. The van der Waals surface area contributed by atoms with Crippen LogP contribution in [-0.4, -0.2) is 40.3 Å². The summed E-state index contributed by atoms with van der Waals surface area (Å²) >= 11 is 0. The molecule has 1 aliphatic carbocycles. The van der Waals surface area contributed by atoms with Crippen LogP contribution < -0.4 is 10.6 Å². The highest BCUT2D eigenvalue weighted by Gasteiger charge is 2.24. The zero-order valence-corrected chi connectivity index (χ0v) is 11.4. The molecule has 6 nitrogen and oxygen atoms in total. The second-order valence-corrected chi connectivity index (χ2v) is 5.52. The van der Waals surface area contributed by atoms with Crippen molar-refractivity contribution in [2.75, 3.05) is 18.0 Å². The highest BCUT2D eigenvalue weighted by molar-refractivity contribution is 6.01. The SMILES string of the molecule is NC(=NO)c1cc2c(nc1N1CCC(O)CC1)CCC2. The molecule has 6 heteroatoms. The van der Waals surface area contributed by atoms with Crippen molar-refractivity contribution in [2.45, 2.75) is 38.2 Å². The van der Waals surface area contributed by atoms with Gasteiger partial charge in [-0.3, -0.25) is 0 Å². The lowest BCUT2D eigenvalue weighted by molar-refractivity contribution is 0.145. The molecular weight excluding hydrogens is 256 g/mol. The first kappa shape index (κ1) is 13.2. The molecular formula is C14H20N4O2. The van der Waals surface area contributed by atoms with Gasteiger partial charge >= 0.3 is 0 Å². The number of hydrogen-bond acceptors (Lipinski definition) is 5. The number of fused-ring (bicyclic) bond motifs is 1. The quantitative estimate of drug-likeness (QED) is 0.319. The average molecular weight is 276 g/mol. The summed E-state index contributed by atoms with van der Waals surface area (Å²) in [7, 11) is 0. The number of aliphatic hydroxyl groups is 1. The molecule has 0 aromatic carbocycles. The number of aromatic nitrogens is 1. The molecule has 0 spiro atoms. The Kier molecular flexibility index (Phi) is 3.48. The number of piperidine rings is 1. The average Bonchev–Trinajstić information content (AvgIpc) is 2.93. The predicted molar refractivity (Wildman–Crippen MR) is 76.2 cm³/mol. The van der Waals surface area contributed by atoms with E-state index < -0.39 is 0 Å². The van der Waals surface area contributed by atoms with Gasteiger partial charge < -0.3 is 20.9 Å². The summed E-state index contributed by atoms with van der Waals surface area (Å²) < 4.78 is 0. The zero-order chi connectivity index (χ0) is 14.1. The van der Waals surface area contributed by atoms with Crippen molar-refractivity contribution in [3.8, 4) is 0 Å². The molecule has 4 N–H and O–H groups in total. The lowest BCUT2D eigenvalue weighted by Crippen LogP contribution is -2.38. The lowest BCUT2D eigenvalue weighted by Gasteiger charge is -2.32. The minimum atomic E-state index is -0.229. The van der Waals surface area contributed by atoms with Gasteiger partial charge in [-0.1, -0.05) is 5.16 Å². The van der Waals surface area contributed by atoms with Crippen molar-refractivity contribution in [1.29, 1.82) is 0 Å². The molecule has 0 radical (unpaired) electrons. The first-order chi connectivity index (χ1) is 9.69. The Labute approximate surface area is 117 Å². The number of anilines is 1. The van der Waals surface area contributed by atoms with Crippen molar-refractivity contribution in [2.24, 2.45) is 10.9 Å². The van der Waals surface area contributed by atoms with Gasteiger partial charge in [0.25, 0.3) is 0 Å². The molecule has 0 saturated carbocycles. The lowest BCUT2D eigenvalue weighted by atomic mass is 10.1. The number of aliphatic hydroxyl groups excluding tert-OH is 1. The molecule has 1 aliphatic heterocycles. The summed E-state index contributed by atoms with van der Waals surface area (Å²) in [4.78, 5) is 6.87. The summed E-state index contributed by atoms with van der Waals surface area (Å²) in [5.41, 5.74) is 8.83. The van der Waals surface area contributed by atoms with E-state index in [-0.39, 0.29) is 11.9 Å². The van der Waals surface area contributed by atoms with Crippen LogP contribution in [0, 0.1) is 0 Å². The fourth-order valence-electron chi connectivity index (χ4n) is 3.02. The number of aryl methyl sites for hydroxylation is 2. The van der Waals surface area contributed by atoms with Gasteiger partial charge in [0.1, 0.15) is 5.82 Å². The number of hydrogen-bond donors (Lipinski definition) is 3. The normalized spacial score (nSPS) is 20.2. The molecule has 0 amide bonds. The Morgan fingerprint density at radius 2 is 2.10 bits per heavy atom. The van der Waals surface area contributed by atoms with E-state index in [1.165, 1.54) is 5.56 Å². The first-order valence-electron chi connectivity index (χ1n) is 7.12. The molecule has 1 aromatic rings. The van der Waals surface area contributed by atoms with Crippen LogP contribution >= 0.6 is 0 Å². The van der Waals surface area contributed by atoms with Crippen molar-refractivity contribution < 1.29 is 10.3 Å². The number of nitrogens with zero attached hydrogens (tertiary/aromatic N) is 3.